The SMILES string of the molecule is CC(=O)O.CCN(CC)C(C)OC(=O)c1ccccc1O. The molecule has 0 saturated heterocycles. The predicted molar refractivity (Wildman–Crippen MR) is 79.2 cm³/mol. The summed E-state index contributed by atoms with van der Waals surface area (Å²) in [6.45, 7) is 8.55. The second kappa shape index (κ2) is 9.77. The average molecular weight is 297 g/mol. The van der Waals surface area contributed by atoms with E-state index >= 15 is 0 Å². The van der Waals surface area contributed by atoms with E-state index in [9.17, 15) is 9.90 Å². The summed E-state index contributed by atoms with van der Waals surface area (Å²) in [7, 11) is 0. The number of phenols is 1. The van der Waals surface area contributed by atoms with Gasteiger partial charge >= 0.3 is 5.97 Å². The van der Waals surface area contributed by atoms with Crippen LogP contribution in [0.3, 0.4) is 0 Å². The highest BCUT2D eigenvalue weighted by molar-refractivity contribution is 5.92. The molecule has 0 spiro atoms. The monoisotopic (exact) mass is 297 g/mol. The van der Waals surface area contributed by atoms with Crippen molar-refractivity contribution in [1.82, 2.24) is 4.90 Å². The van der Waals surface area contributed by atoms with Gasteiger partial charge in [0.25, 0.3) is 5.97 Å². The van der Waals surface area contributed by atoms with Crippen molar-refractivity contribution in [2.24, 2.45) is 0 Å². The number of esters is 1. The third-order valence-electron chi connectivity index (χ3n) is 2.73. The Bertz CT molecular complexity index is 453. The van der Waals surface area contributed by atoms with Crippen molar-refractivity contribution in [3.63, 3.8) is 0 Å². The van der Waals surface area contributed by atoms with Gasteiger partial charge in [0.1, 0.15) is 11.3 Å². The minimum atomic E-state index is -0.833. The fourth-order valence-corrected chi connectivity index (χ4v) is 1.68. The average Bonchev–Trinajstić information content (AvgIpc) is 2.39. The number of ether oxygens (including phenoxy) is 1. The quantitative estimate of drug-likeness (QED) is 0.640. The lowest BCUT2D eigenvalue weighted by molar-refractivity contribution is -0.134. The van der Waals surface area contributed by atoms with E-state index in [-0.39, 0.29) is 17.5 Å². The summed E-state index contributed by atoms with van der Waals surface area (Å²) in [6.07, 6.45) is -0.294. The molecule has 0 bridgehead atoms. The zero-order chi connectivity index (χ0) is 16.4. The molecule has 1 unspecified atom stereocenters. The Morgan fingerprint density at radius 2 is 1.71 bits per heavy atom. The Labute approximate surface area is 125 Å². The van der Waals surface area contributed by atoms with Crippen molar-refractivity contribution in [3.8, 4) is 5.75 Å². The molecule has 118 valence electrons. The van der Waals surface area contributed by atoms with E-state index in [2.05, 4.69) is 0 Å². The second-order valence-corrected chi connectivity index (χ2v) is 4.26. The first kappa shape index (κ1) is 18.9. The highest BCUT2D eigenvalue weighted by Crippen LogP contribution is 2.17. The number of phenolic OH excluding ortho intramolecular Hbond substituents is 1. The van der Waals surface area contributed by atoms with Crippen LogP contribution < -0.4 is 0 Å². The van der Waals surface area contributed by atoms with Crippen LogP contribution in [-0.4, -0.2) is 46.4 Å². The van der Waals surface area contributed by atoms with Crippen molar-refractivity contribution in [2.75, 3.05) is 13.1 Å². The number of carbonyl (C=O) groups is 2. The van der Waals surface area contributed by atoms with E-state index in [1.54, 1.807) is 18.2 Å². The summed E-state index contributed by atoms with van der Waals surface area (Å²) in [5.74, 6) is -1.38. The van der Waals surface area contributed by atoms with Gasteiger partial charge in [0, 0.05) is 6.92 Å². The number of rotatable bonds is 5. The maximum Gasteiger partial charge on any atom is 0.343 e. The molecule has 0 aliphatic rings. The first-order valence-corrected chi connectivity index (χ1v) is 6.75. The van der Waals surface area contributed by atoms with Crippen molar-refractivity contribution in [3.05, 3.63) is 29.8 Å². The van der Waals surface area contributed by atoms with Crippen LogP contribution in [0.15, 0.2) is 24.3 Å². The van der Waals surface area contributed by atoms with Crippen LogP contribution >= 0.6 is 0 Å². The maximum absolute atomic E-state index is 11.8. The van der Waals surface area contributed by atoms with Crippen LogP contribution in [0, 0.1) is 0 Å². The molecule has 0 amide bonds. The second-order valence-electron chi connectivity index (χ2n) is 4.26. The van der Waals surface area contributed by atoms with E-state index in [1.165, 1.54) is 6.07 Å². The lowest BCUT2D eigenvalue weighted by atomic mass is 10.2. The molecule has 21 heavy (non-hydrogen) atoms. The van der Waals surface area contributed by atoms with Gasteiger partial charge in [-0.1, -0.05) is 26.0 Å². The minimum absolute atomic E-state index is 0.0516. The van der Waals surface area contributed by atoms with Gasteiger partial charge in [-0.15, -0.1) is 0 Å². The van der Waals surface area contributed by atoms with Crippen LogP contribution in [0.4, 0.5) is 0 Å². The number of aliphatic carboxylic acids is 1. The van der Waals surface area contributed by atoms with E-state index < -0.39 is 11.9 Å². The molecule has 1 aromatic carbocycles. The van der Waals surface area contributed by atoms with E-state index in [4.69, 9.17) is 14.6 Å². The number of aromatic hydroxyl groups is 1. The summed E-state index contributed by atoms with van der Waals surface area (Å²) in [5, 5.41) is 16.9. The molecule has 1 aromatic rings. The third-order valence-corrected chi connectivity index (χ3v) is 2.73. The van der Waals surface area contributed by atoms with Crippen molar-refractivity contribution in [2.45, 2.75) is 33.9 Å². The molecule has 0 aromatic heterocycles. The molecule has 0 aliphatic heterocycles. The lowest BCUT2D eigenvalue weighted by Gasteiger charge is -2.25. The summed E-state index contributed by atoms with van der Waals surface area (Å²) in [5.41, 5.74) is 0.200. The molecular weight excluding hydrogens is 274 g/mol. The number of hydrogen-bond acceptors (Lipinski definition) is 5. The van der Waals surface area contributed by atoms with Crippen molar-refractivity contribution in [1.29, 1.82) is 0 Å². The number of carbonyl (C=O) groups excluding carboxylic acids is 1. The molecule has 0 aliphatic carbocycles. The number of hydrogen-bond donors (Lipinski definition) is 2. The summed E-state index contributed by atoms with van der Waals surface area (Å²) in [6, 6.07) is 6.38. The van der Waals surface area contributed by atoms with Gasteiger partial charge in [-0.3, -0.25) is 9.69 Å². The molecule has 6 nitrogen and oxygen atoms in total. The fraction of sp³-hybridized carbons (Fsp3) is 0.467. The van der Waals surface area contributed by atoms with Gasteiger partial charge in [0.05, 0.1) is 0 Å². The lowest BCUT2D eigenvalue weighted by Crippen LogP contribution is -2.36. The number of benzene rings is 1. The molecule has 1 atom stereocenters. The fourth-order valence-electron chi connectivity index (χ4n) is 1.68. The molecule has 0 fully saturated rings. The molecule has 2 N–H and O–H groups in total. The first-order chi connectivity index (χ1) is 9.83. The highest BCUT2D eigenvalue weighted by Gasteiger charge is 2.18. The number of carboxylic acids is 1. The number of nitrogens with zero attached hydrogens (tertiary/aromatic N) is 1. The van der Waals surface area contributed by atoms with Gasteiger partial charge in [-0.25, -0.2) is 4.79 Å². The molecular formula is C15H23NO5. The summed E-state index contributed by atoms with van der Waals surface area (Å²) >= 11 is 0. The van der Waals surface area contributed by atoms with Gasteiger partial charge < -0.3 is 14.9 Å². The van der Waals surface area contributed by atoms with Gasteiger partial charge in [-0.2, -0.15) is 0 Å². The highest BCUT2D eigenvalue weighted by atomic mass is 16.6. The number of carboxylic acid groups (broad SMARTS) is 1. The Morgan fingerprint density at radius 3 is 2.14 bits per heavy atom. The van der Waals surface area contributed by atoms with E-state index in [0.29, 0.717) is 0 Å². The zero-order valence-corrected chi connectivity index (χ0v) is 12.9. The third kappa shape index (κ3) is 7.31. The minimum Gasteiger partial charge on any atom is -0.507 e. The van der Waals surface area contributed by atoms with Gasteiger partial charge in [0.2, 0.25) is 0 Å². The smallest absolute Gasteiger partial charge is 0.343 e. The molecule has 0 radical (unpaired) electrons. The van der Waals surface area contributed by atoms with Crippen LogP contribution in [0.25, 0.3) is 0 Å². The Morgan fingerprint density at radius 1 is 1.24 bits per heavy atom. The van der Waals surface area contributed by atoms with E-state index in [0.717, 1.165) is 20.0 Å². The van der Waals surface area contributed by atoms with Gasteiger partial charge in [0.15, 0.2) is 6.23 Å². The summed E-state index contributed by atoms with van der Waals surface area (Å²) in [4.78, 5) is 22.8. The Kier molecular flexibility index (Phi) is 8.80. The largest absolute Gasteiger partial charge is 0.507 e. The Balaban J connectivity index is 0.000000885. The van der Waals surface area contributed by atoms with Crippen LogP contribution in [-0.2, 0) is 9.53 Å². The topological polar surface area (TPSA) is 87.1 Å². The predicted octanol–water partition coefficient (Wildman–Crippen LogP) is 2.33. The molecule has 0 heterocycles. The van der Waals surface area contributed by atoms with Crippen molar-refractivity contribution >= 4 is 11.9 Å². The normalized spacial score (nSPS) is 11.3. The van der Waals surface area contributed by atoms with Gasteiger partial charge in [-0.05, 0) is 32.1 Å². The van der Waals surface area contributed by atoms with Crippen LogP contribution in [0.2, 0.25) is 0 Å². The summed E-state index contributed by atoms with van der Waals surface area (Å²) < 4.78 is 5.29. The molecule has 6 heteroatoms. The first-order valence-electron chi connectivity index (χ1n) is 6.75. The Hall–Kier alpha value is -2.08. The molecule has 1 rings (SSSR count). The maximum atomic E-state index is 11.8. The zero-order valence-electron chi connectivity index (χ0n) is 12.9. The van der Waals surface area contributed by atoms with E-state index in [1.807, 2.05) is 25.7 Å². The molecule has 0 saturated carbocycles. The van der Waals surface area contributed by atoms with Crippen molar-refractivity contribution < 1.29 is 24.5 Å². The van der Waals surface area contributed by atoms with Crippen LogP contribution in [0.5, 0.6) is 5.75 Å². The number of para-hydroxylation sites is 1. The van der Waals surface area contributed by atoms with Crippen LogP contribution in [0.1, 0.15) is 38.1 Å². The standard InChI is InChI=1S/C13H19NO3.C2H4O2/c1-4-14(5-2)10(3)17-13(16)11-8-6-7-9-12(11)15;1-2(3)4/h6-10,15H,4-5H2,1-3H3;1H3,(H,3,4).